The van der Waals surface area contributed by atoms with E-state index < -0.39 is 16.6 Å². The second kappa shape index (κ2) is 3.44. The molecule has 0 aliphatic heterocycles. The van der Waals surface area contributed by atoms with E-state index in [1.807, 2.05) is 0 Å². The molecule has 6 nitrogen and oxygen atoms in total. The highest BCUT2D eigenvalue weighted by Gasteiger charge is 2.20. The lowest BCUT2D eigenvalue weighted by atomic mass is 10.5. The van der Waals surface area contributed by atoms with Crippen molar-refractivity contribution in [1.82, 2.24) is 0 Å². The Morgan fingerprint density at radius 1 is 1.80 bits per heavy atom. The molecule has 0 amide bonds. The Bertz CT molecular complexity index is 168. The van der Waals surface area contributed by atoms with Gasteiger partial charge in [-0.25, -0.2) is 4.79 Å². The molecule has 0 aliphatic carbocycles. The number of nitro groups is 1. The molecule has 0 fully saturated rings. The molecule has 0 atom stereocenters. The number of carboxylic acid groups (broad SMARTS) is 1. The second-order valence-corrected chi connectivity index (χ2v) is 1.30. The quantitative estimate of drug-likeness (QED) is 0.259. The first-order valence-corrected chi connectivity index (χ1v) is 2.20. The van der Waals surface area contributed by atoms with Gasteiger partial charge in [-0.2, -0.15) is 0 Å². The number of carbonyl (C=O) groups is 1. The largest absolute Gasteiger partial charge is 0.497 e. The number of ether oxygens (including phenoxy) is 1. The summed E-state index contributed by atoms with van der Waals surface area (Å²) in [7, 11) is 1.13. The fourth-order valence-electron chi connectivity index (χ4n) is 0.283. The topological polar surface area (TPSA) is 89.7 Å². The Kier molecular flexibility index (Phi) is 2.89. The van der Waals surface area contributed by atoms with Gasteiger partial charge in [0.05, 0.1) is 12.0 Å². The van der Waals surface area contributed by atoms with Crippen LogP contribution in [0, 0.1) is 10.1 Å². The lowest BCUT2D eigenvalue weighted by Crippen LogP contribution is -2.10. The first-order chi connectivity index (χ1) is 4.59. The van der Waals surface area contributed by atoms with E-state index in [4.69, 9.17) is 5.11 Å². The first kappa shape index (κ1) is 8.41. The summed E-state index contributed by atoms with van der Waals surface area (Å²) in [6.45, 7) is 0. The van der Waals surface area contributed by atoms with Gasteiger partial charge < -0.3 is 9.84 Å². The Hall–Kier alpha value is -1.59. The van der Waals surface area contributed by atoms with Crippen molar-refractivity contribution in [3.63, 3.8) is 0 Å². The molecular weight excluding hydrogens is 142 g/mol. The minimum absolute atomic E-state index is 0.558. The summed E-state index contributed by atoms with van der Waals surface area (Å²) in [5.41, 5.74) is -0.984. The van der Waals surface area contributed by atoms with Crippen LogP contribution in [0.15, 0.2) is 12.0 Å². The van der Waals surface area contributed by atoms with Gasteiger partial charge in [-0.15, -0.1) is 0 Å². The number of carboxylic acids is 1. The van der Waals surface area contributed by atoms with Crippen LogP contribution < -0.4 is 0 Å². The number of hydrogen-bond acceptors (Lipinski definition) is 4. The monoisotopic (exact) mass is 147 g/mol. The van der Waals surface area contributed by atoms with Gasteiger partial charge in [-0.05, 0) is 0 Å². The van der Waals surface area contributed by atoms with Crippen LogP contribution in [0.1, 0.15) is 0 Å². The maximum atomic E-state index is 9.94. The van der Waals surface area contributed by atoms with Gasteiger partial charge in [0.25, 0.3) is 0 Å². The van der Waals surface area contributed by atoms with Crippen molar-refractivity contribution in [2.75, 3.05) is 7.11 Å². The summed E-state index contributed by atoms with van der Waals surface area (Å²) in [6, 6.07) is 0. The zero-order valence-corrected chi connectivity index (χ0v) is 5.10. The maximum Gasteiger partial charge on any atom is 0.410 e. The van der Waals surface area contributed by atoms with Gasteiger partial charge in [0.2, 0.25) is 0 Å². The van der Waals surface area contributed by atoms with Crippen LogP contribution in [0.2, 0.25) is 0 Å². The van der Waals surface area contributed by atoms with Crippen molar-refractivity contribution in [1.29, 1.82) is 0 Å². The number of methoxy groups -OCH3 is 1. The average Bonchev–Trinajstić information content (AvgIpc) is 1.81. The van der Waals surface area contributed by atoms with Gasteiger partial charge in [-0.3, -0.25) is 10.1 Å². The third-order valence-electron chi connectivity index (χ3n) is 0.645. The molecule has 0 aromatic rings. The lowest BCUT2D eigenvalue weighted by molar-refractivity contribution is -0.422. The molecule has 10 heavy (non-hydrogen) atoms. The van der Waals surface area contributed by atoms with Gasteiger partial charge in [0.1, 0.15) is 0 Å². The number of hydrogen-bond donors (Lipinski definition) is 1. The number of aliphatic carboxylic acids is 1. The lowest BCUT2D eigenvalue weighted by Gasteiger charge is -1.89. The summed E-state index contributed by atoms with van der Waals surface area (Å²) in [6.07, 6.45) is 0.558. The van der Waals surface area contributed by atoms with Crippen molar-refractivity contribution in [2.24, 2.45) is 0 Å². The Morgan fingerprint density at radius 2 is 2.30 bits per heavy atom. The van der Waals surface area contributed by atoms with Crippen LogP contribution in [0.4, 0.5) is 0 Å². The van der Waals surface area contributed by atoms with E-state index in [1.165, 1.54) is 0 Å². The Morgan fingerprint density at radius 3 is 2.40 bits per heavy atom. The van der Waals surface area contributed by atoms with Crippen molar-refractivity contribution in [3.05, 3.63) is 22.1 Å². The molecular formula is C4H5NO5. The van der Waals surface area contributed by atoms with Crippen LogP contribution in [0.5, 0.6) is 0 Å². The summed E-state index contributed by atoms with van der Waals surface area (Å²) in [5, 5.41) is 17.9. The van der Waals surface area contributed by atoms with E-state index in [0.717, 1.165) is 7.11 Å². The molecule has 0 heterocycles. The van der Waals surface area contributed by atoms with E-state index in [1.54, 1.807) is 0 Å². The minimum Gasteiger partial charge on any atom is -0.497 e. The Labute approximate surface area is 55.9 Å². The van der Waals surface area contributed by atoms with Gasteiger partial charge in [0, 0.05) is 0 Å². The van der Waals surface area contributed by atoms with Crippen molar-refractivity contribution in [3.8, 4) is 0 Å². The highest BCUT2D eigenvalue weighted by Crippen LogP contribution is 1.94. The predicted molar refractivity (Wildman–Crippen MR) is 29.7 cm³/mol. The van der Waals surface area contributed by atoms with Crippen LogP contribution in [0.25, 0.3) is 0 Å². The summed E-state index contributed by atoms with van der Waals surface area (Å²) < 4.78 is 4.14. The Balaban J connectivity index is 4.42. The van der Waals surface area contributed by atoms with E-state index in [0.29, 0.717) is 6.26 Å². The average molecular weight is 147 g/mol. The van der Waals surface area contributed by atoms with Crippen molar-refractivity contribution in [2.45, 2.75) is 0 Å². The molecule has 0 bridgehead atoms. The van der Waals surface area contributed by atoms with Crippen LogP contribution in [0.3, 0.4) is 0 Å². The third kappa shape index (κ3) is 2.12. The predicted octanol–water partition coefficient (Wildman–Crippen LogP) is -0.165. The SMILES string of the molecule is CO/C=C(/C(=O)O)[N+](=O)[O-]. The fourth-order valence-corrected chi connectivity index (χ4v) is 0.283. The van der Waals surface area contributed by atoms with E-state index >= 15 is 0 Å². The van der Waals surface area contributed by atoms with Gasteiger partial charge in [0.15, 0.2) is 6.26 Å². The van der Waals surface area contributed by atoms with Crippen LogP contribution >= 0.6 is 0 Å². The van der Waals surface area contributed by atoms with Gasteiger partial charge >= 0.3 is 11.7 Å². The summed E-state index contributed by atoms with van der Waals surface area (Å²) in [4.78, 5) is 18.7. The van der Waals surface area contributed by atoms with Crippen LogP contribution in [-0.4, -0.2) is 23.1 Å². The normalized spacial score (nSPS) is 10.7. The molecule has 0 saturated carbocycles. The smallest absolute Gasteiger partial charge is 0.410 e. The molecule has 0 spiro atoms. The molecule has 0 aliphatic rings. The fraction of sp³-hybridized carbons (Fsp3) is 0.250. The number of rotatable bonds is 3. The standard InChI is InChI=1S/C4H5NO5/c1-10-2-3(4(6)7)5(8)9/h2H,1H3,(H,6,7)/b3-2-. The van der Waals surface area contributed by atoms with E-state index in [-0.39, 0.29) is 0 Å². The molecule has 1 N–H and O–H groups in total. The molecule has 0 rings (SSSR count). The maximum absolute atomic E-state index is 9.94. The van der Waals surface area contributed by atoms with Crippen LogP contribution in [-0.2, 0) is 9.53 Å². The third-order valence-corrected chi connectivity index (χ3v) is 0.645. The molecule has 6 heteroatoms. The zero-order valence-electron chi connectivity index (χ0n) is 5.10. The molecule has 0 aromatic heterocycles. The minimum atomic E-state index is -1.62. The summed E-state index contributed by atoms with van der Waals surface area (Å²) in [5.74, 6) is -1.62. The van der Waals surface area contributed by atoms with Gasteiger partial charge in [-0.1, -0.05) is 0 Å². The zero-order chi connectivity index (χ0) is 8.15. The molecule has 0 saturated heterocycles. The van der Waals surface area contributed by atoms with Crippen molar-refractivity contribution < 1.29 is 19.6 Å². The highest BCUT2D eigenvalue weighted by molar-refractivity contribution is 5.83. The first-order valence-electron chi connectivity index (χ1n) is 2.20. The van der Waals surface area contributed by atoms with Crippen molar-refractivity contribution >= 4 is 5.97 Å². The summed E-state index contributed by atoms with van der Waals surface area (Å²) >= 11 is 0. The van der Waals surface area contributed by atoms with E-state index in [2.05, 4.69) is 4.74 Å². The van der Waals surface area contributed by atoms with E-state index in [9.17, 15) is 14.9 Å². The molecule has 0 radical (unpaired) electrons. The highest BCUT2D eigenvalue weighted by atomic mass is 16.6. The second-order valence-electron chi connectivity index (χ2n) is 1.30. The number of nitrogens with zero attached hydrogens (tertiary/aromatic N) is 1. The molecule has 0 aromatic carbocycles. The molecule has 56 valence electrons. The molecule has 0 unspecified atom stereocenters.